The molecule has 21 heavy (non-hydrogen) atoms. The number of nitrogens with zero attached hydrogens (tertiary/aromatic N) is 1. The molecule has 0 radical (unpaired) electrons. The van der Waals surface area contributed by atoms with Crippen LogP contribution < -0.4 is 5.73 Å². The minimum absolute atomic E-state index is 0.311. The number of rotatable bonds is 4. The first-order valence-corrected chi connectivity index (χ1v) is 8.38. The standard InChI is InChI=1S/C18H26N2O/c19-12-4-11-18(21)20-13-5-10-17(20)16-9-3-7-14-6-1-2-8-15(14)16/h1-2,6,8,16-17H,3-5,7,9-13,19H2/t16-,17-/m1/s1. The Kier molecular flexibility index (Phi) is 4.59. The average molecular weight is 286 g/mol. The maximum atomic E-state index is 12.4. The van der Waals surface area contributed by atoms with Crippen molar-refractivity contribution in [3.05, 3.63) is 35.4 Å². The maximum absolute atomic E-state index is 12.4. The van der Waals surface area contributed by atoms with Crippen molar-refractivity contribution < 1.29 is 4.79 Å². The Labute approximate surface area is 127 Å². The number of hydrogen-bond donors (Lipinski definition) is 1. The lowest BCUT2D eigenvalue weighted by molar-refractivity contribution is -0.132. The highest BCUT2D eigenvalue weighted by molar-refractivity contribution is 5.77. The number of fused-ring (bicyclic) bond motifs is 1. The zero-order valence-corrected chi connectivity index (χ0v) is 12.8. The van der Waals surface area contributed by atoms with Crippen molar-refractivity contribution in [3.63, 3.8) is 0 Å². The fraction of sp³-hybridized carbons (Fsp3) is 0.611. The molecule has 114 valence electrons. The SMILES string of the molecule is NCCCC(=O)N1CCC[C@@H]1[C@@H]1CCCc2ccccc21. The second-order valence-electron chi connectivity index (χ2n) is 6.39. The fourth-order valence-corrected chi connectivity index (χ4v) is 4.11. The van der Waals surface area contributed by atoms with Gasteiger partial charge in [-0.3, -0.25) is 4.79 Å². The molecule has 1 aromatic rings. The van der Waals surface area contributed by atoms with Gasteiger partial charge in [-0.1, -0.05) is 24.3 Å². The number of hydrogen-bond acceptors (Lipinski definition) is 2. The Bertz CT molecular complexity index is 500. The summed E-state index contributed by atoms with van der Waals surface area (Å²) in [4.78, 5) is 14.6. The van der Waals surface area contributed by atoms with Crippen LogP contribution in [0.2, 0.25) is 0 Å². The maximum Gasteiger partial charge on any atom is 0.222 e. The lowest BCUT2D eigenvalue weighted by Crippen LogP contribution is -2.40. The molecule has 3 rings (SSSR count). The second kappa shape index (κ2) is 6.61. The molecule has 1 saturated heterocycles. The highest BCUT2D eigenvalue weighted by atomic mass is 16.2. The third kappa shape index (κ3) is 2.98. The number of amides is 1. The molecule has 2 aliphatic rings. The third-order valence-electron chi connectivity index (χ3n) is 5.09. The number of carbonyl (C=O) groups excluding carboxylic acids is 1. The fourth-order valence-electron chi connectivity index (χ4n) is 4.11. The quantitative estimate of drug-likeness (QED) is 0.925. The second-order valence-corrected chi connectivity index (χ2v) is 6.39. The molecule has 1 heterocycles. The summed E-state index contributed by atoms with van der Waals surface area (Å²) in [5.74, 6) is 0.852. The van der Waals surface area contributed by atoms with Crippen LogP contribution in [0.5, 0.6) is 0 Å². The first-order valence-electron chi connectivity index (χ1n) is 8.38. The molecule has 0 bridgehead atoms. The highest BCUT2D eigenvalue weighted by Crippen LogP contribution is 2.39. The normalized spacial score (nSPS) is 24.9. The van der Waals surface area contributed by atoms with Crippen LogP contribution in [0, 0.1) is 0 Å². The third-order valence-corrected chi connectivity index (χ3v) is 5.09. The molecule has 1 aliphatic heterocycles. The molecule has 0 aromatic heterocycles. The van der Waals surface area contributed by atoms with E-state index in [4.69, 9.17) is 5.73 Å². The summed E-state index contributed by atoms with van der Waals surface area (Å²) < 4.78 is 0. The van der Waals surface area contributed by atoms with Crippen LogP contribution in [-0.4, -0.2) is 29.9 Å². The molecule has 3 heteroatoms. The van der Waals surface area contributed by atoms with Gasteiger partial charge in [-0.25, -0.2) is 0 Å². The summed E-state index contributed by atoms with van der Waals surface area (Å²) in [7, 11) is 0. The van der Waals surface area contributed by atoms with Gasteiger partial charge in [-0.2, -0.15) is 0 Å². The van der Waals surface area contributed by atoms with Gasteiger partial charge in [0, 0.05) is 24.9 Å². The Balaban J connectivity index is 1.78. The molecule has 0 saturated carbocycles. The summed E-state index contributed by atoms with van der Waals surface area (Å²) in [6.07, 6.45) is 7.40. The van der Waals surface area contributed by atoms with E-state index in [9.17, 15) is 4.79 Å². The van der Waals surface area contributed by atoms with Gasteiger partial charge in [0.05, 0.1) is 0 Å². The van der Waals surface area contributed by atoms with E-state index in [0.29, 0.717) is 30.8 Å². The summed E-state index contributed by atoms with van der Waals surface area (Å²) in [6.45, 7) is 1.54. The van der Waals surface area contributed by atoms with Gasteiger partial charge < -0.3 is 10.6 Å². The summed E-state index contributed by atoms with van der Waals surface area (Å²) in [5.41, 5.74) is 8.53. The Hall–Kier alpha value is -1.35. The molecular weight excluding hydrogens is 260 g/mol. The molecule has 2 atom stereocenters. The van der Waals surface area contributed by atoms with Crippen LogP contribution in [0.4, 0.5) is 0 Å². The van der Waals surface area contributed by atoms with E-state index in [-0.39, 0.29) is 0 Å². The summed E-state index contributed by atoms with van der Waals surface area (Å²) in [5, 5.41) is 0. The molecule has 1 aromatic carbocycles. The van der Waals surface area contributed by atoms with Crippen molar-refractivity contribution in [2.75, 3.05) is 13.1 Å². The number of benzene rings is 1. The van der Waals surface area contributed by atoms with Gasteiger partial charge >= 0.3 is 0 Å². The van der Waals surface area contributed by atoms with E-state index in [0.717, 1.165) is 25.8 Å². The van der Waals surface area contributed by atoms with Crippen LogP contribution >= 0.6 is 0 Å². The number of likely N-dealkylation sites (tertiary alicyclic amines) is 1. The minimum atomic E-state index is 0.311. The molecular formula is C18H26N2O. The van der Waals surface area contributed by atoms with Gasteiger partial charge in [-0.05, 0) is 56.2 Å². The van der Waals surface area contributed by atoms with Crippen LogP contribution in [0.25, 0.3) is 0 Å². The monoisotopic (exact) mass is 286 g/mol. The molecule has 0 unspecified atom stereocenters. The van der Waals surface area contributed by atoms with Gasteiger partial charge in [0.1, 0.15) is 0 Å². The minimum Gasteiger partial charge on any atom is -0.339 e. The van der Waals surface area contributed by atoms with E-state index in [1.54, 1.807) is 0 Å². The van der Waals surface area contributed by atoms with E-state index in [1.807, 2.05) is 0 Å². The van der Waals surface area contributed by atoms with Crippen molar-refractivity contribution in [3.8, 4) is 0 Å². The topological polar surface area (TPSA) is 46.3 Å². The van der Waals surface area contributed by atoms with Crippen LogP contribution in [-0.2, 0) is 11.2 Å². The first-order chi connectivity index (χ1) is 10.3. The van der Waals surface area contributed by atoms with Crippen molar-refractivity contribution >= 4 is 5.91 Å². The predicted octanol–water partition coefficient (Wildman–Crippen LogP) is 2.84. The molecule has 2 N–H and O–H groups in total. The highest BCUT2D eigenvalue weighted by Gasteiger charge is 2.36. The average Bonchev–Trinajstić information content (AvgIpc) is 3.01. The molecule has 1 amide bonds. The van der Waals surface area contributed by atoms with Gasteiger partial charge in [0.25, 0.3) is 0 Å². The first kappa shape index (κ1) is 14.6. The Morgan fingerprint density at radius 1 is 1.24 bits per heavy atom. The van der Waals surface area contributed by atoms with E-state index in [2.05, 4.69) is 29.2 Å². The smallest absolute Gasteiger partial charge is 0.222 e. The van der Waals surface area contributed by atoms with Crippen molar-refractivity contribution in [1.29, 1.82) is 0 Å². The Morgan fingerprint density at radius 2 is 2.10 bits per heavy atom. The Morgan fingerprint density at radius 3 is 2.95 bits per heavy atom. The van der Waals surface area contributed by atoms with Gasteiger partial charge in [0.2, 0.25) is 5.91 Å². The van der Waals surface area contributed by atoms with Crippen LogP contribution in [0.15, 0.2) is 24.3 Å². The van der Waals surface area contributed by atoms with Crippen LogP contribution in [0.3, 0.4) is 0 Å². The number of carbonyl (C=O) groups is 1. The van der Waals surface area contributed by atoms with E-state index < -0.39 is 0 Å². The van der Waals surface area contributed by atoms with Gasteiger partial charge in [-0.15, -0.1) is 0 Å². The number of nitrogens with two attached hydrogens (primary N) is 1. The molecule has 0 spiro atoms. The van der Waals surface area contributed by atoms with Crippen molar-refractivity contribution in [2.24, 2.45) is 5.73 Å². The molecule has 1 aliphatic carbocycles. The van der Waals surface area contributed by atoms with Crippen molar-refractivity contribution in [1.82, 2.24) is 4.90 Å². The van der Waals surface area contributed by atoms with Crippen LogP contribution in [0.1, 0.15) is 55.6 Å². The van der Waals surface area contributed by atoms with Crippen molar-refractivity contribution in [2.45, 2.75) is 56.9 Å². The summed E-state index contributed by atoms with van der Waals surface area (Å²) >= 11 is 0. The largest absolute Gasteiger partial charge is 0.339 e. The number of aryl methyl sites for hydroxylation is 1. The lowest BCUT2D eigenvalue weighted by Gasteiger charge is -2.35. The van der Waals surface area contributed by atoms with E-state index in [1.165, 1.54) is 30.4 Å². The zero-order chi connectivity index (χ0) is 14.7. The lowest BCUT2D eigenvalue weighted by atomic mass is 9.78. The van der Waals surface area contributed by atoms with E-state index >= 15 is 0 Å². The summed E-state index contributed by atoms with van der Waals surface area (Å²) in [6, 6.07) is 9.24. The molecule has 1 fully saturated rings. The predicted molar refractivity (Wildman–Crippen MR) is 85.1 cm³/mol. The molecule has 3 nitrogen and oxygen atoms in total. The van der Waals surface area contributed by atoms with Gasteiger partial charge in [0.15, 0.2) is 0 Å². The zero-order valence-electron chi connectivity index (χ0n) is 12.8.